The number of nitrogens with zero attached hydrogens (tertiary/aromatic N) is 2. The maximum absolute atomic E-state index is 5.26. The molecule has 1 atom stereocenters. The third-order valence-electron chi connectivity index (χ3n) is 4.65. The van der Waals surface area contributed by atoms with E-state index in [1.165, 1.54) is 20.9 Å². The van der Waals surface area contributed by atoms with Gasteiger partial charge in [-0.25, -0.2) is 9.97 Å². The minimum absolute atomic E-state index is 0.316. The Kier molecular flexibility index (Phi) is 5.20. The Morgan fingerprint density at radius 3 is 2.52 bits per heavy atom. The fourth-order valence-corrected chi connectivity index (χ4v) is 4.00. The van der Waals surface area contributed by atoms with E-state index in [1.54, 1.807) is 24.8 Å². The van der Waals surface area contributed by atoms with Crippen molar-refractivity contribution in [3.8, 4) is 5.75 Å². The fraction of sp³-hybridized carbons (Fsp3) is 0.368. The van der Waals surface area contributed by atoms with E-state index in [0.717, 1.165) is 28.3 Å². The average molecular weight is 358 g/mol. The first kappa shape index (κ1) is 17.6. The lowest BCUT2D eigenvalue weighted by atomic mass is 10.1. The number of methoxy groups -OCH3 is 1. The molecule has 0 bridgehead atoms. The molecule has 0 aliphatic rings. The maximum Gasteiger partial charge on any atom is 0.138 e. The lowest BCUT2D eigenvalue weighted by Crippen LogP contribution is -3.06. The van der Waals surface area contributed by atoms with Crippen molar-refractivity contribution >= 4 is 27.4 Å². The molecule has 1 aromatic carbocycles. The normalized spacial score (nSPS) is 12.6. The summed E-state index contributed by atoms with van der Waals surface area (Å²) in [5.41, 5.74) is 2.54. The number of thiophene rings is 1. The van der Waals surface area contributed by atoms with Crippen molar-refractivity contribution in [1.82, 2.24) is 9.97 Å². The number of likely N-dealkylation sites (N-methyl/N-ethyl adjacent to an activating group) is 1. The molecular weight excluding hydrogens is 332 g/mol. The predicted molar refractivity (Wildman–Crippen MR) is 104 cm³/mol. The minimum Gasteiger partial charge on any atom is -0.497 e. The summed E-state index contributed by atoms with van der Waals surface area (Å²) in [6.45, 7) is 5.07. The Bertz CT molecular complexity index is 858. The topological polar surface area (TPSA) is 51.5 Å². The summed E-state index contributed by atoms with van der Waals surface area (Å²) in [5, 5.41) is 4.70. The van der Waals surface area contributed by atoms with Gasteiger partial charge in [0.1, 0.15) is 28.8 Å². The van der Waals surface area contributed by atoms with Gasteiger partial charge in [0.15, 0.2) is 0 Å². The molecule has 0 aliphatic carbocycles. The van der Waals surface area contributed by atoms with Crippen LogP contribution in [0, 0.1) is 13.8 Å². The van der Waals surface area contributed by atoms with Gasteiger partial charge >= 0.3 is 0 Å². The molecule has 0 saturated heterocycles. The van der Waals surface area contributed by atoms with Crippen molar-refractivity contribution in [2.45, 2.75) is 19.9 Å². The molecule has 2 heterocycles. The number of fused-ring (bicyclic) bond motifs is 1. The number of hydrogen-bond donors (Lipinski definition) is 2. The van der Waals surface area contributed by atoms with Crippen LogP contribution >= 0.6 is 11.3 Å². The number of hydrogen-bond acceptors (Lipinski definition) is 5. The van der Waals surface area contributed by atoms with Gasteiger partial charge in [-0.05, 0) is 43.7 Å². The van der Waals surface area contributed by atoms with Crippen LogP contribution < -0.4 is 15.0 Å². The van der Waals surface area contributed by atoms with Gasteiger partial charge in [0.25, 0.3) is 0 Å². The molecular formula is C19H25N4OS+. The summed E-state index contributed by atoms with van der Waals surface area (Å²) in [5.74, 6) is 1.80. The van der Waals surface area contributed by atoms with Crippen LogP contribution in [0.15, 0.2) is 30.6 Å². The Balaban J connectivity index is 1.84. The molecule has 0 aliphatic heterocycles. The van der Waals surface area contributed by atoms with Crippen molar-refractivity contribution in [2.24, 2.45) is 0 Å². The summed E-state index contributed by atoms with van der Waals surface area (Å²) >= 11 is 1.72. The van der Waals surface area contributed by atoms with E-state index in [0.29, 0.717) is 6.04 Å². The zero-order valence-electron chi connectivity index (χ0n) is 15.4. The monoisotopic (exact) mass is 357 g/mol. The van der Waals surface area contributed by atoms with E-state index >= 15 is 0 Å². The van der Waals surface area contributed by atoms with Gasteiger partial charge in [0.2, 0.25) is 0 Å². The number of aromatic nitrogens is 2. The molecule has 2 aromatic heterocycles. The standard InChI is InChI=1S/C19H24N4OS/c1-12-13(2)25-19-17(12)18(21-11-22-19)20-10-16(23(3)4)14-6-8-15(24-5)9-7-14/h6-9,11,16H,10H2,1-5H3,(H,20,21,22)/p+1/t16-/m1/s1. The van der Waals surface area contributed by atoms with Gasteiger partial charge in [-0.1, -0.05) is 0 Å². The first-order valence-electron chi connectivity index (χ1n) is 8.39. The lowest BCUT2D eigenvalue weighted by molar-refractivity contribution is -0.890. The minimum atomic E-state index is 0.316. The highest BCUT2D eigenvalue weighted by Crippen LogP contribution is 2.32. The van der Waals surface area contributed by atoms with E-state index in [-0.39, 0.29) is 0 Å². The van der Waals surface area contributed by atoms with Crippen LogP contribution in [-0.2, 0) is 0 Å². The molecule has 5 nitrogen and oxygen atoms in total. The Hall–Kier alpha value is -2.18. The van der Waals surface area contributed by atoms with Crippen LogP contribution in [0.5, 0.6) is 5.75 Å². The van der Waals surface area contributed by atoms with Crippen LogP contribution in [-0.4, -0.2) is 37.7 Å². The van der Waals surface area contributed by atoms with Crippen molar-refractivity contribution in [3.05, 3.63) is 46.6 Å². The second-order valence-electron chi connectivity index (χ2n) is 6.47. The molecule has 6 heteroatoms. The largest absolute Gasteiger partial charge is 0.497 e. The highest BCUT2D eigenvalue weighted by molar-refractivity contribution is 7.18. The first-order valence-corrected chi connectivity index (χ1v) is 9.21. The quantitative estimate of drug-likeness (QED) is 0.712. The number of nitrogens with one attached hydrogen (secondary N) is 2. The smallest absolute Gasteiger partial charge is 0.138 e. The molecule has 0 unspecified atom stereocenters. The molecule has 0 radical (unpaired) electrons. The molecule has 3 aromatic rings. The molecule has 3 rings (SSSR count). The van der Waals surface area contributed by atoms with Crippen LogP contribution in [0.25, 0.3) is 10.2 Å². The number of aryl methyl sites for hydroxylation is 2. The SMILES string of the molecule is COc1ccc([C@@H](CNc2ncnc3sc(C)c(C)c23)[NH+](C)C)cc1. The number of anilines is 1. The molecule has 0 spiro atoms. The summed E-state index contributed by atoms with van der Waals surface area (Å²) < 4.78 is 5.26. The van der Waals surface area contributed by atoms with E-state index in [4.69, 9.17) is 4.74 Å². The summed E-state index contributed by atoms with van der Waals surface area (Å²) in [4.78, 5) is 12.6. The third kappa shape index (κ3) is 3.60. The number of quaternary nitrogens is 1. The zero-order chi connectivity index (χ0) is 18.0. The van der Waals surface area contributed by atoms with Gasteiger partial charge < -0.3 is 15.0 Å². The highest BCUT2D eigenvalue weighted by Gasteiger charge is 2.19. The molecule has 132 valence electrons. The van der Waals surface area contributed by atoms with E-state index in [1.807, 2.05) is 12.1 Å². The molecule has 0 amide bonds. The van der Waals surface area contributed by atoms with Gasteiger partial charge in [-0.2, -0.15) is 0 Å². The predicted octanol–water partition coefficient (Wildman–Crippen LogP) is 2.61. The van der Waals surface area contributed by atoms with Crippen molar-refractivity contribution in [3.63, 3.8) is 0 Å². The van der Waals surface area contributed by atoms with Crippen LogP contribution in [0.2, 0.25) is 0 Å². The highest BCUT2D eigenvalue weighted by atomic mass is 32.1. The lowest BCUT2D eigenvalue weighted by Gasteiger charge is -2.23. The number of benzene rings is 1. The maximum atomic E-state index is 5.26. The fourth-order valence-electron chi connectivity index (χ4n) is 3.01. The Morgan fingerprint density at radius 1 is 1.16 bits per heavy atom. The molecule has 2 N–H and O–H groups in total. The van der Waals surface area contributed by atoms with Gasteiger partial charge in [0.05, 0.1) is 33.1 Å². The summed E-state index contributed by atoms with van der Waals surface area (Å²) in [7, 11) is 6.04. The van der Waals surface area contributed by atoms with E-state index < -0.39 is 0 Å². The summed E-state index contributed by atoms with van der Waals surface area (Å²) in [6, 6.07) is 8.61. The molecule has 0 saturated carbocycles. The van der Waals surface area contributed by atoms with Gasteiger partial charge in [0, 0.05) is 10.4 Å². The number of rotatable bonds is 6. The second kappa shape index (κ2) is 7.37. The Labute approximate surface area is 152 Å². The summed E-state index contributed by atoms with van der Waals surface area (Å²) in [6.07, 6.45) is 1.64. The van der Waals surface area contributed by atoms with Crippen LogP contribution in [0.1, 0.15) is 22.0 Å². The molecule has 0 fully saturated rings. The Morgan fingerprint density at radius 2 is 1.88 bits per heavy atom. The van der Waals surface area contributed by atoms with Crippen LogP contribution in [0.3, 0.4) is 0 Å². The second-order valence-corrected chi connectivity index (χ2v) is 7.67. The zero-order valence-corrected chi connectivity index (χ0v) is 16.2. The van der Waals surface area contributed by atoms with Crippen LogP contribution in [0.4, 0.5) is 5.82 Å². The van der Waals surface area contributed by atoms with Gasteiger partial charge in [-0.15, -0.1) is 11.3 Å². The van der Waals surface area contributed by atoms with E-state index in [2.05, 4.69) is 55.4 Å². The van der Waals surface area contributed by atoms with E-state index in [9.17, 15) is 0 Å². The van der Waals surface area contributed by atoms with Crippen molar-refractivity contribution in [1.29, 1.82) is 0 Å². The van der Waals surface area contributed by atoms with Crippen molar-refractivity contribution in [2.75, 3.05) is 33.1 Å². The first-order chi connectivity index (χ1) is 12.0. The average Bonchev–Trinajstić information content (AvgIpc) is 2.90. The van der Waals surface area contributed by atoms with Gasteiger partial charge in [-0.3, -0.25) is 0 Å². The van der Waals surface area contributed by atoms with Crippen molar-refractivity contribution < 1.29 is 9.64 Å². The third-order valence-corrected chi connectivity index (χ3v) is 5.77. The number of ether oxygens (including phenoxy) is 1. The molecule has 25 heavy (non-hydrogen) atoms.